The Bertz CT molecular complexity index is 135. The Hall–Kier alpha value is 1.00. The molecular weight excluding hydrogens is 342 g/mol. The number of nitrogens with one attached hydrogen (secondary N) is 2. The Balaban J connectivity index is -0.000000187. The van der Waals surface area contributed by atoms with Crippen molar-refractivity contribution in [1.29, 1.82) is 0 Å². The molecule has 2 atom stereocenters. The first-order chi connectivity index (χ1) is 7.63. The minimum atomic E-state index is 0. The summed E-state index contributed by atoms with van der Waals surface area (Å²) in [5.41, 5.74) is 11.3. The molecule has 0 saturated carbocycles. The summed E-state index contributed by atoms with van der Waals surface area (Å²) in [4.78, 5) is 0. The minimum Gasteiger partial charge on any atom is -0.328 e. The second-order valence-electron chi connectivity index (χ2n) is 4.74. The molecule has 0 aliphatic rings. The zero-order chi connectivity index (χ0) is 12.2. The molecular formula is C12H34Cl4N4. The molecule has 0 aromatic heterocycles. The number of hydrogen-bond donors (Lipinski definition) is 4. The largest absolute Gasteiger partial charge is 0.328 e. The highest BCUT2D eigenvalue weighted by Crippen LogP contribution is 1.88. The summed E-state index contributed by atoms with van der Waals surface area (Å²) in [5.74, 6) is 0. The third-order valence-electron chi connectivity index (χ3n) is 2.51. The van der Waals surface area contributed by atoms with E-state index in [2.05, 4.69) is 10.6 Å². The summed E-state index contributed by atoms with van der Waals surface area (Å²) in [5, 5.41) is 6.80. The van der Waals surface area contributed by atoms with E-state index in [1.54, 1.807) is 0 Å². The SMILES string of the molecule is C[C@H](N)CCNCCCCNCC[C@H](C)N.Cl.Cl.Cl.Cl. The first kappa shape index (κ1) is 32.8. The van der Waals surface area contributed by atoms with Crippen molar-refractivity contribution in [3.8, 4) is 0 Å². The van der Waals surface area contributed by atoms with E-state index in [9.17, 15) is 0 Å². The fourth-order valence-corrected chi connectivity index (χ4v) is 1.41. The second-order valence-corrected chi connectivity index (χ2v) is 4.74. The Kier molecular flexibility index (Phi) is 41.0. The fourth-order valence-electron chi connectivity index (χ4n) is 1.41. The molecule has 0 spiro atoms. The molecule has 0 aliphatic heterocycles. The fraction of sp³-hybridized carbons (Fsp3) is 1.00. The Labute approximate surface area is 149 Å². The van der Waals surface area contributed by atoms with E-state index >= 15 is 0 Å². The lowest BCUT2D eigenvalue weighted by Crippen LogP contribution is -2.26. The molecule has 0 rings (SSSR count). The first-order valence-electron chi connectivity index (χ1n) is 6.55. The van der Waals surface area contributed by atoms with Crippen LogP contribution < -0.4 is 22.1 Å². The maximum atomic E-state index is 5.65. The summed E-state index contributed by atoms with van der Waals surface area (Å²) >= 11 is 0. The summed E-state index contributed by atoms with van der Waals surface area (Å²) in [6.45, 7) is 8.36. The quantitative estimate of drug-likeness (QED) is 0.417. The maximum absolute atomic E-state index is 5.65. The van der Waals surface area contributed by atoms with Crippen molar-refractivity contribution in [3.05, 3.63) is 0 Å². The second kappa shape index (κ2) is 25.0. The van der Waals surface area contributed by atoms with Crippen LogP contribution in [-0.2, 0) is 0 Å². The van der Waals surface area contributed by atoms with Crippen molar-refractivity contribution in [2.75, 3.05) is 26.2 Å². The van der Waals surface area contributed by atoms with Gasteiger partial charge in [-0.15, -0.1) is 49.6 Å². The van der Waals surface area contributed by atoms with Gasteiger partial charge in [0.25, 0.3) is 0 Å². The van der Waals surface area contributed by atoms with Crippen molar-refractivity contribution in [2.45, 2.75) is 51.6 Å². The van der Waals surface area contributed by atoms with Crippen LogP contribution in [0.1, 0.15) is 39.5 Å². The molecule has 4 nitrogen and oxygen atoms in total. The molecule has 8 heteroatoms. The van der Waals surface area contributed by atoms with Crippen LogP contribution in [0.2, 0.25) is 0 Å². The van der Waals surface area contributed by atoms with Gasteiger partial charge in [-0.1, -0.05) is 0 Å². The minimum absolute atomic E-state index is 0. The predicted octanol–water partition coefficient (Wildman–Crippen LogP) is 2.11. The van der Waals surface area contributed by atoms with Crippen LogP contribution in [0.3, 0.4) is 0 Å². The molecule has 0 aromatic rings. The Morgan fingerprint density at radius 2 is 0.950 bits per heavy atom. The van der Waals surface area contributed by atoms with Crippen LogP contribution in [-0.4, -0.2) is 38.3 Å². The van der Waals surface area contributed by atoms with Gasteiger partial charge in [-0.25, -0.2) is 0 Å². The van der Waals surface area contributed by atoms with Gasteiger partial charge in [0.2, 0.25) is 0 Å². The van der Waals surface area contributed by atoms with E-state index in [0.717, 1.165) is 39.0 Å². The topological polar surface area (TPSA) is 76.1 Å². The van der Waals surface area contributed by atoms with Gasteiger partial charge in [0, 0.05) is 12.1 Å². The monoisotopic (exact) mass is 374 g/mol. The van der Waals surface area contributed by atoms with E-state index in [1.165, 1.54) is 12.8 Å². The zero-order valence-electron chi connectivity index (χ0n) is 12.6. The van der Waals surface area contributed by atoms with Crippen molar-refractivity contribution in [2.24, 2.45) is 11.5 Å². The molecule has 0 heterocycles. The van der Waals surface area contributed by atoms with Crippen molar-refractivity contribution in [3.63, 3.8) is 0 Å². The molecule has 0 unspecified atom stereocenters. The molecule has 0 saturated heterocycles. The Morgan fingerprint density at radius 1 is 0.650 bits per heavy atom. The van der Waals surface area contributed by atoms with Crippen LogP contribution in [0.15, 0.2) is 0 Å². The van der Waals surface area contributed by atoms with Gasteiger partial charge < -0.3 is 22.1 Å². The van der Waals surface area contributed by atoms with Crippen LogP contribution in [0.25, 0.3) is 0 Å². The van der Waals surface area contributed by atoms with Gasteiger partial charge in [0.15, 0.2) is 0 Å². The molecule has 0 bridgehead atoms. The van der Waals surface area contributed by atoms with Crippen molar-refractivity contribution < 1.29 is 0 Å². The molecule has 0 amide bonds. The van der Waals surface area contributed by atoms with Crippen LogP contribution in [0, 0.1) is 0 Å². The van der Waals surface area contributed by atoms with Gasteiger partial charge in [0.1, 0.15) is 0 Å². The Morgan fingerprint density at radius 3 is 1.20 bits per heavy atom. The van der Waals surface area contributed by atoms with Crippen LogP contribution in [0.5, 0.6) is 0 Å². The highest BCUT2D eigenvalue weighted by Gasteiger charge is 1.94. The van der Waals surface area contributed by atoms with Crippen LogP contribution in [0.4, 0.5) is 0 Å². The first-order valence-corrected chi connectivity index (χ1v) is 6.55. The van der Waals surface area contributed by atoms with Gasteiger partial charge >= 0.3 is 0 Å². The number of nitrogens with two attached hydrogens (primary N) is 2. The van der Waals surface area contributed by atoms with E-state index < -0.39 is 0 Å². The molecule has 0 aromatic carbocycles. The van der Waals surface area contributed by atoms with Crippen LogP contribution >= 0.6 is 49.6 Å². The van der Waals surface area contributed by atoms with Gasteiger partial charge in [-0.3, -0.25) is 0 Å². The number of hydrogen-bond acceptors (Lipinski definition) is 4. The average molecular weight is 376 g/mol. The van der Waals surface area contributed by atoms with Gasteiger partial charge in [0.05, 0.1) is 0 Å². The highest BCUT2D eigenvalue weighted by molar-refractivity contribution is 5.86. The smallest absolute Gasteiger partial charge is 0.00225 e. The molecule has 0 fully saturated rings. The summed E-state index contributed by atoms with van der Waals surface area (Å²) in [6, 6.07) is 0.625. The lowest BCUT2D eigenvalue weighted by molar-refractivity contribution is 0.539. The molecule has 20 heavy (non-hydrogen) atoms. The number of rotatable bonds is 11. The third kappa shape index (κ3) is 31.4. The highest BCUT2D eigenvalue weighted by atomic mass is 35.5. The predicted molar refractivity (Wildman–Crippen MR) is 100 cm³/mol. The normalized spacial score (nSPS) is 12.0. The molecule has 0 radical (unpaired) electrons. The molecule has 6 N–H and O–H groups in total. The van der Waals surface area contributed by atoms with E-state index in [1.807, 2.05) is 13.8 Å². The zero-order valence-corrected chi connectivity index (χ0v) is 15.9. The lowest BCUT2D eigenvalue weighted by atomic mass is 10.2. The summed E-state index contributed by atoms with van der Waals surface area (Å²) < 4.78 is 0. The summed E-state index contributed by atoms with van der Waals surface area (Å²) in [7, 11) is 0. The molecule has 130 valence electrons. The average Bonchev–Trinajstić information content (AvgIpc) is 2.20. The summed E-state index contributed by atoms with van der Waals surface area (Å²) in [6.07, 6.45) is 4.58. The van der Waals surface area contributed by atoms with E-state index in [4.69, 9.17) is 11.5 Å². The van der Waals surface area contributed by atoms with Crippen molar-refractivity contribution in [1.82, 2.24) is 10.6 Å². The van der Waals surface area contributed by atoms with Gasteiger partial charge in [-0.05, 0) is 65.7 Å². The number of halogens is 4. The maximum Gasteiger partial charge on any atom is 0.00225 e. The number of unbranched alkanes of at least 4 members (excludes halogenated alkanes) is 1. The molecule has 0 aliphatic carbocycles. The van der Waals surface area contributed by atoms with Gasteiger partial charge in [-0.2, -0.15) is 0 Å². The lowest BCUT2D eigenvalue weighted by Gasteiger charge is -2.08. The van der Waals surface area contributed by atoms with E-state index in [0.29, 0.717) is 12.1 Å². The third-order valence-corrected chi connectivity index (χ3v) is 2.51. The van der Waals surface area contributed by atoms with E-state index in [-0.39, 0.29) is 49.6 Å². The standard InChI is InChI=1S/C12H30N4.4ClH/c1-11(13)5-9-15-7-3-4-8-16-10-6-12(2)14;;;;/h11-12,15-16H,3-10,13-14H2,1-2H3;4*1H/t11-,12-;;;;/m0..../s1. The van der Waals surface area contributed by atoms with Crippen molar-refractivity contribution >= 4 is 49.6 Å².